The average molecular weight is 407 g/mol. The number of quaternary nitrogens is 1. The van der Waals surface area contributed by atoms with E-state index in [4.69, 9.17) is 23.2 Å². The predicted octanol–water partition coefficient (Wildman–Crippen LogP) is 2.57. The van der Waals surface area contributed by atoms with Crippen LogP contribution in [0.2, 0.25) is 10.0 Å². The molecule has 142 valence electrons. The zero-order chi connectivity index (χ0) is 19.4. The Morgan fingerprint density at radius 3 is 2.15 bits per heavy atom. The molecule has 27 heavy (non-hydrogen) atoms. The van der Waals surface area contributed by atoms with Crippen molar-refractivity contribution >= 4 is 46.4 Å². The summed E-state index contributed by atoms with van der Waals surface area (Å²) in [5, 5.41) is 6.48. The van der Waals surface area contributed by atoms with Gasteiger partial charge in [0.2, 0.25) is 0 Å². The maximum Gasteiger partial charge on any atom is 0.279 e. The predicted molar refractivity (Wildman–Crippen MR) is 109 cm³/mol. The molecule has 0 aromatic heterocycles. The quantitative estimate of drug-likeness (QED) is 0.690. The van der Waals surface area contributed by atoms with E-state index in [1.165, 1.54) is 17.5 Å². The second-order valence-corrected chi connectivity index (χ2v) is 7.69. The van der Waals surface area contributed by atoms with Crippen LogP contribution in [0.1, 0.15) is 17.5 Å². The van der Waals surface area contributed by atoms with E-state index in [0.717, 1.165) is 23.4 Å². The van der Waals surface area contributed by atoms with E-state index in [2.05, 4.69) is 16.7 Å². The molecule has 0 saturated heterocycles. The van der Waals surface area contributed by atoms with Crippen molar-refractivity contribution in [3.63, 3.8) is 0 Å². The summed E-state index contributed by atoms with van der Waals surface area (Å²) in [4.78, 5) is 25.2. The van der Waals surface area contributed by atoms with Crippen molar-refractivity contribution in [1.29, 1.82) is 0 Å². The van der Waals surface area contributed by atoms with Crippen LogP contribution in [0, 0.1) is 0 Å². The summed E-state index contributed by atoms with van der Waals surface area (Å²) >= 11 is 11.8. The Morgan fingerprint density at radius 2 is 1.48 bits per heavy atom. The minimum Gasteiger partial charge on any atom is -0.322 e. The van der Waals surface area contributed by atoms with E-state index >= 15 is 0 Å². The topological polar surface area (TPSA) is 62.6 Å². The Hall–Kier alpha value is -2.08. The Bertz CT molecular complexity index is 870. The second kappa shape index (κ2) is 8.74. The lowest BCUT2D eigenvalue weighted by molar-refractivity contribution is -0.862. The van der Waals surface area contributed by atoms with Crippen molar-refractivity contribution < 1.29 is 14.5 Å². The minimum absolute atomic E-state index is 0.118. The maximum atomic E-state index is 12.2. The van der Waals surface area contributed by atoms with Crippen LogP contribution in [0.4, 0.5) is 11.4 Å². The summed E-state index contributed by atoms with van der Waals surface area (Å²) in [5.41, 5.74) is 4.07. The van der Waals surface area contributed by atoms with Gasteiger partial charge in [-0.25, -0.2) is 0 Å². The number of amides is 2. The Kier molecular flexibility index (Phi) is 6.37. The normalized spacial score (nSPS) is 13.7. The summed E-state index contributed by atoms with van der Waals surface area (Å²) in [5.74, 6) is -0.316. The number of fused-ring (bicyclic) bond motifs is 1. The molecule has 0 fully saturated rings. The summed E-state index contributed by atoms with van der Waals surface area (Å²) in [6.45, 7) is 0.365. The monoisotopic (exact) mass is 406 g/mol. The average Bonchev–Trinajstić information content (AvgIpc) is 3.05. The van der Waals surface area contributed by atoms with Gasteiger partial charge in [0.25, 0.3) is 11.8 Å². The number of likely N-dealkylation sites (N-methyl/N-ethyl adjacent to an activating group) is 1. The minimum atomic E-state index is -0.198. The van der Waals surface area contributed by atoms with E-state index in [9.17, 15) is 9.59 Å². The van der Waals surface area contributed by atoms with Crippen molar-refractivity contribution in [2.45, 2.75) is 19.3 Å². The van der Waals surface area contributed by atoms with Gasteiger partial charge in [0.1, 0.15) is 0 Å². The molecule has 0 aliphatic heterocycles. The molecule has 0 spiro atoms. The lowest BCUT2D eigenvalue weighted by Gasteiger charge is -2.14. The molecule has 2 amide bonds. The number of carbonyl (C=O) groups excluding carboxylic acids is 2. The van der Waals surface area contributed by atoms with Crippen molar-refractivity contribution in [2.24, 2.45) is 0 Å². The van der Waals surface area contributed by atoms with E-state index < -0.39 is 0 Å². The van der Waals surface area contributed by atoms with E-state index in [1.807, 2.05) is 12.1 Å². The lowest BCUT2D eigenvalue weighted by Crippen LogP contribution is -3.11. The zero-order valence-corrected chi connectivity index (χ0v) is 16.6. The second-order valence-electron chi connectivity index (χ2n) is 6.87. The molecule has 0 saturated carbocycles. The molecule has 0 radical (unpaired) electrons. The number of hydrogen-bond donors (Lipinski definition) is 3. The number of hydrogen-bond acceptors (Lipinski definition) is 2. The first kappa shape index (κ1) is 19.7. The van der Waals surface area contributed by atoms with Crippen LogP contribution in [0.15, 0.2) is 36.4 Å². The van der Waals surface area contributed by atoms with Gasteiger partial charge in [-0.15, -0.1) is 0 Å². The summed E-state index contributed by atoms with van der Waals surface area (Å²) in [6, 6.07) is 11.0. The molecule has 0 heterocycles. The van der Waals surface area contributed by atoms with Crippen LogP contribution in [0.25, 0.3) is 0 Å². The molecule has 1 aliphatic rings. The maximum absolute atomic E-state index is 12.2. The molecular weight excluding hydrogens is 385 g/mol. The SMILES string of the molecule is C[NH+](CC(=O)Nc1ccc(Cl)c(Cl)c1)CC(=O)Nc1ccc2c(c1)CCC2. The van der Waals surface area contributed by atoms with Crippen molar-refractivity contribution in [1.82, 2.24) is 0 Å². The van der Waals surface area contributed by atoms with Crippen LogP contribution < -0.4 is 15.5 Å². The van der Waals surface area contributed by atoms with E-state index in [1.54, 1.807) is 25.2 Å². The molecular formula is C20H22Cl2N3O2+. The highest BCUT2D eigenvalue weighted by atomic mass is 35.5. The van der Waals surface area contributed by atoms with Gasteiger partial charge < -0.3 is 15.5 Å². The Balaban J connectivity index is 1.47. The fraction of sp³-hybridized carbons (Fsp3) is 0.300. The van der Waals surface area contributed by atoms with Gasteiger partial charge in [-0.2, -0.15) is 0 Å². The van der Waals surface area contributed by atoms with E-state index in [-0.39, 0.29) is 24.9 Å². The van der Waals surface area contributed by atoms with Crippen LogP contribution in [0.5, 0.6) is 0 Å². The molecule has 3 rings (SSSR count). The number of nitrogens with one attached hydrogen (secondary N) is 3. The number of carbonyl (C=O) groups is 2. The number of halogens is 2. The third-order valence-corrected chi connectivity index (χ3v) is 5.25. The number of benzene rings is 2. The summed E-state index contributed by atoms with van der Waals surface area (Å²) < 4.78 is 0. The third kappa shape index (κ3) is 5.45. The fourth-order valence-electron chi connectivity index (χ4n) is 3.24. The Labute approximate surface area is 168 Å². The largest absolute Gasteiger partial charge is 0.322 e. The molecule has 1 aliphatic carbocycles. The lowest BCUT2D eigenvalue weighted by atomic mass is 10.1. The van der Waals surface area contributed by atoms with Gasteiger partial charge in [-0.05, 0) is 60.7 Å². The van der Waals surface area contributed by atoms with Crippen LogP contribution in [-0.2, 0) is 22.4 Å². The van der Waals surface area contributed by atoms with Gasteiger partial charge in [0.05, 0.1) is 17.1 Å². The van der Waals surface area contributed by atoms with Gasteiger partial charge in [0.15, 0.2) is 13.1 Å². The molecule has 3 N–H and O–H groups in total. The van der Waals surface area contributed by atoms with Crippen LogP contribution in [0.3, 0.4) is 0 Å². The summed E-state index contributed by atoms with van der Waals surface area (Å²) in [6.07, 6.45) is 3.36. The molecule has 7 heteroatoms. The van der Waals surface area contributed by atoms with Crippen molar-refractivity contribution in [2.75, 3.05) is 30.8 Å². The fourth-order valence-corrected chi connectivity index (χ4v) is 3.54. The van der Waals surface area contributed by atoms with E-state index in [0.29, 0.717) is 15.7 Å². The number of anilines is 2. The molecule has 2 aromatic carbocycles. The van der Waals surface area contributed by atoms with Crippen LogP contribution >= 0.6 is 23.2 Å². The molecule has 1 atom stereocenters. The molecule has 2 aromatic rings. The molecule has 0 bridgehead atoms. The first-order valence-electron chi connectivity index (χ1n) is 8.88. The van der Waals surface area contributed by atoms with Gasteiger partial charge in [-0.3, -0.25) is 9.59 Å². The highest BCUT2D eigenvalue weighted by Gasteiger charge is 2.16. The number of rotatable bonds is 6. The first-order valence-corrected chi connectivity index (χ1v) is 9.64. The third-order valence-electron chi connectivity index (χ3n) is 4.51. The first-order chi connectivity index (χ1) is 12.9. The van der Waals surface area contributed by atoms with Gasteiger partial charge >= 0.3 is 0 Å². The van der Waals surface area contributed by atoms with Crippen molar-refractivity contribution in [3.05, 3.63) is 57.6 Å². The highest BCUT2D eigenvalue weighted by molar-refractivity contribution is 6.42. The van der Waals surface area contributed by atoms with Gasteiger partial charge in [-0.1, -0.05) is 29.3 Å². The standard InChI is InChI=1S/C20H21Cl2N3O2/c1-25(12-20(27)24-16-7-8-17(21)18(22)10-16)11-19(26)23-15-6-5-13-3-2-4-14(13)9-15/h5-10H,2-4,11-12H2,1H3,(H,23,26)(H,24,27)/p+1. The molecule has 1 unspecified atom stereocenters. The Morgan fingerprint density at radius 1 is 0.889 bits per heavy atom. The highest BCUT2D eigenvalue weighted by Crippen LogP contribution is 2.25. The van der Waals surface area contributed by atoms with Gasteiger partial charge in [0, 0.05) is 11.4 Å². The zero-order valence-electron chi connectivity index (χ0n) is 15.1. The van der Waals surface area contributed by atoms with Crippen LogP contribution in [-0.4, -0.2) is 32.0 Å². The smallest absolute Gasteiger partial charge is 0.279 e. The number of aryl methyl sites for hydroxylation is 2. The summed E-state index contributed by atoms with van der Waals surface area (Å²) in [7, 11) is 1.80. The molecule has 5 nitrogen and oxygen atoms in total. The van der Waals surface area contributed by atoms with Crippen molar-refractivity contribution in [3.8, 4) is 0 Å².